The lowest BCUT2D eigenvalue weighted by atomic mass is 9.96. The van der Waals surface area contributed by atoms with Crippen LogP contribution in [0.3, 0.4) is 0 Å². The van der Waals surface area contributed by atoms with Crippen molar-refractivity contribution in [2.45, 2.75) is 25.7 Å². The number of hydrogen-bond acceptors (Lipinski definition) is 4. The number of fused-ring (bicyclic) bond motifs is 1. The first kappa shape index (κ1) is 12.2. The Morgan fingerprint density at radius 1 is 1.18 bits per heavy atom. The molecule has 2 rings (SSSR count). The van der Waals surface area contributed by atoms with Gasteiger partial charge in [0.15, 0.2) is 5.79 Å². The van der Waals surface area contributed by atoms with Gasteiger partial charge in [-0.25, -0.2) is 0 Å². The lowest BCUT2D eigenvalue weighted by Crippen LogP contribution is -2.37. The zero-order valence-corrected chi connectivity index (χ0v) is 10.7. The second-order valence-corrected chi connectivity index (χ2v) is 4.27. The van der Waals surface area contributed by atoms with Crippen LogP contribution >= 0.6 is 0 Å². The van der Waals surface area contributed by atoms with Crippen LogP contribution in [-0.4, -0.2) is 27.1 Å². The quantitative estimate of drug-likeness (QED) is 0.808. The van der Waals surface area contributed by atoms with Crippen molar-refractivity contribution in [3.63, 3.8) is 0 Å². The highest BCUT2D eigenvalue weighted by molar-refractivity contribution is 5.47. The maximum absolute atomic E-state index is 5.71. The monoisotopic (exact) mass is 238 g/mol. The molecule has 1 atom stereocenters. The van der Waals surface area contributed by atoms with E-state index in [4.69, 9.17) is 18.9 Å². The van der Waals surface area contributed by atoms with Gasteiger partial charge in [0.05, 0.1) is 20.8 Å². The number of methoxy groups -OCH3 is 3. The third kappa shape index (κ3) is 2.23. The molecule has 0 bridgehead atoms. The second-order valence-electron chi connectivity index (χ2n) is 4.27. The first-order chi connectivity index (χ1) is 8.11. The average molecular weight is 238 g/mol. The Hall–Kier alpha value is -1.26. The molecule has 4 heteroatoms. The highest BCUT2D eigenvalue weighted by atomic mass is 16.7. The Labute approximate surface area is 101 Å². The third-order valence-electron chi connectivity index (χ3n) is 3.20. The van der Waals surface area contributed by atoms with E-state index in [2.05, 4.69) is 0 Å². The molecule has 0 radical (unpaired) electrons. The Kier molecular flexibility index (Phi) is 3.26. The van der Waals surface area contributed by atoms with Gasteiger partial charge in [-0.3, -0.25) is 0 Å². The van der Waals surface area contributed by atoms with Crippen LogP contribution in [0.25, 0.3) is 0 Å². The maximum Gasteiger partial charge on any atom is 0.169 e. The lowest BCUT2D eigenvalue weighted by Gasteiger charge is -2.34. The Balaban J connectivity index is 2.42. The summed E-state index contributed by atoms with van der Waals surface area (Å²) in [5, 5.41) is 0. The summed E-state index contributed by atoms with van der Waals surface area (Å²) in [6, 6.07) is 3.88. The van der Waals surface area contributed by atoms with E-state index in [0.717, 1.165) is 22.6 Å². The van der Waals surface area contributed by atoms with Gasteiger partial charge in [0, 0.05) is 25.2 Å². The first-order valence-electron chi connectivity index (χ1n) is 5.55. The molecule has 0 fully saturated rings. The van der Waals surface area contributed by atoms with E-state index in [1.807, 2.05) is 19.1 Å². The molecule has 4 nitrogen and oxygen atoms in total. The second kappa shape index (κ2) is 4.55. The lowest BCUT2D eigenvalue weighted by molar-refractivity contribution is -0.223. The highest BCUT2D eigenvalue weighted by Gasteiger charge is 2.32. The molecule has 1 aromatic rings. The number of rotatable bonds is 3. The van der Waals surface area contributed by atoms with E-state index in [-0.39, 0.29) is 0 Å². The van der Waals surface area contributed by atoms with Gasteiger partial charge < -0.3 is 18.9 Å². The molecule has 1 aliphatic rings. The van der Waals surface area contributed by atoms with Gasteiger partial charge in [0.2, 0.25) is 0 Å². The molecule has 0 spiro atoms. The van der Waals surface area contributed by atoms with E-state index < -0.39 is 5.79 Å². The van der Waals surface area contributed by atoms with Crippen LogP contribution in [0.5, 0.6) is 11.5 Å². The molecule has 0 unspecified atom stereocenters. The molecule has 1 aliphatic heterocycles. The predicted molar refractivity (Wildman–Crippen MR) is 63.5 cm³/mol. The van der Waals surface area contributed by atoms with Gasteiger partial charge in [-0.05, 0) is 18.6 Å². The Bertz CT molecular complexity index is 416. The fourth-order valence-corrected chi connectivity index (χ4v) is 2.05. The molecule has 0 aliphatic carbocycles. The average Bonchev–Trinajstić information content (AvgIpc) is 2.36. The summed E-state index contributed by atoms with van der Waals surface area (Å²) in [6.07, 6.45) is 0.687. The molecule has 1 aromatic carbocycles. The fourth-order valence-electron chi connectivity index (χ4n) is 2.05. The van der Waals surface area contributed by atoms with Crippen molar-refractivity contribution in [3.05, 3.63) is 23.3 Å². The van der Waals surface area contributed by atoms with Gasteiger partial charge >= 0.3 is 0 Å². The normalized spacial score (nSPS) is 23.1. The zero-order chi connectivity index (χ0) is 12.5. The van der Waals surface area contributed by atoms with Crippen LogP contribution in [0.4, 0.5) is 0 Å². The van der Waals surface area contributed by atoms with Crippen molar-refractivity contribution in [1.82, 2.24) is 0 Å². The molecule has 0 amide bonds. The molecule has 0 saturated heterocycles. The summed E-state index contributed by atoms with van der Waals surface area (Å²) in [5.74, 6) is 1.03. The van der Waals surface area contributed by atoms with E-state index in [0.29, 0.717) is 13.0 Å². The van der Waals surface area contributed by atoms with Gasteiger partial charge in [0.25, 0.3) is 0 Å². The van der Waals surface area contributed by atoms with Crippen molar-refractivity contribution in [2.75, 3.05) is 21.3 Å². The van der Waals surface area contributed by atoms with Crippen molar-refractivity contribution in [3.8, 4) is 11.5 Å². The van der Waals surface area contributed by atoms with E-state index in [1.54, 1.807) is 21.3 Å². The summed E-state index contributed by atoms with van der Waals surface area (Å²) in [4.78, 5) is 0. The van der Waals surface area contributed by atoms with Crippen LogP contribution in [0.2, 0.25) is 0 Å². The molecule has 0 aromatic heterocycles. The standard InChI is InChI=1S/C13H18O4/c1-13(16-4)7-9-5-10(14-2)6-12(15-3)11(9)8-17-13/h5-6H,7-8H2,1-4H3/t13-/m0/s1. The highest BCUT2D eigenvalue weighted by Crippen LogP contribution is 2.36. The summed E-state index contributed by atoms with van der Waals surface area (Å²) in [5.41, 5.74) is 2.22. The minimum atomic E-state index is -0.565. The minimum absolute atomic E-state index is 0.493. The van der Waals surface area contributed by atoms with Gasteiger partial charge in [0.1, 0.15) is 11.5 Å². The van der Waals surface area contributed by atoms with Crippen LogP contribution in [0.15, 0.2) is 12.1 Å². The first-order valence-corrected chi connectivity index (χ1v) is 5.55. The predicted octanol–water partition coefficient (Wildman–Crippen LogP) is 2.14. The van der Waals surface area contributed by atoms with Crippen LogP contribution in [0, 0.1) is 0 Å². The molecule has 17 heavy (non-hydrogen) atoms. The van der Waals surface area contributed by atoms with Gasteiger partial charge in [-0.1, -0.05) is 0 Å². The maximum atomic E-state index is 5.71. The molecular formula is C13H18O4. The molecular weight excluding hydrogens is 220 g/mol. The van der Waals surface area contributed by atoms with E-state index >= 15 is 0 Å². The number of benzene rings is 1. The van der Waals surface area contributed by atoms with Crippen molar-refractivity contribution >= 4 is 0 Å². The SMILES string of the molecule is COc1cc2c(c(OC)c1)CO[C@](C)(OC)C2. The molecule has 1 heterocycles. The largest absolute Gasteiger partial charge is 0.497 e. The number of ether oxygens (including phenoxy) is 4. The Morgan fingerprint density at radius 2 is 1.94 bits per heavy atom. The van der Waals surface area contributed by atoms with Crippen molar-refractivity contribution < 1.29 is 18.9 Å². The minimum Gasteiger partial charge on any atom is -0.497 e. The van der Waals surface area contributed by atoms with Gasteiger partial charge in [-0.2, -0.15) is 0 Å². The van der Waals surface area contributed by atoms with Crippen molar-refractivity contribution in [1.29, 1.82) is 0 Å². The van der Waals surface area contributed by atoms with E-state index in [9.17, 15) is 0 Å². The smallest absolute Gasteiger partial charge is 0.169 e. The number of hydrogen-bond donors (Lipinski definition) is 0. The van der Waals surface area contributed by atoms with Crippen molar-refractivity contribution in [2.24, 2.45) is 0 Å². The topological polar surface area (TPSA) is 36.9 Å². The molecule has 0 saturated carbocycles. The summed E-state index contributed by atoms with van der Waals surface area (Å²) < 4.78 is 21.7. The summed E-state index contributed by atoms with van der Waals surface area (Å²) >= 11 is 0. The molecule has 0 N–H and O–H groups in total. The fraction of sp³-hybridized carbons (Fsp3) is 0.538. The summed E-state index contributed by atoms with van der Waals surface area (Å²) in [6.45, 7) is 2.43. The zero-order valence-electron chi connectivity index (χ0n) is 10.7. The summed E-state index contributed by atoms with van der Waals surface area (Å²) in [7, 11) is 4.96. The van der Waals surface area contributed by atoms with Crippen LogP contribution < -0.4 is 9.47 Å². The van der Waals surface area contributed by atoms with Crippen LogP contribution in [0.1, 0.15) is 18.1 Å². The van der Waals surface area contributed by atoms with Crippen LogP contribution in [-0.2, 0) is 22.5 Å². The van der Waals surface area contributed by atoms with Gasteiger partial charge in [-0.15, -0.1) is 0 Å². The molecule has 94 valence electrons. The third-order valence-corrected chi connectivity index (χ3v) is 3.20. The Morgan fingerprint density at radius 3 is 2.53 bits per heavy atom. The van der Waals surface area contributed by atoms with E-state index in [1.165, 1.54) is 0 Å².